The van der Waals surface area contributed by atoms with E-state index in [1.807, 2.05) is 19.2 Å². The van der Waals surface area contributed by atoms with Crippen molar-refractivity contribution in [3.05, 3.63) is 44.9 Å². The maximum Gasteiger partial charge on any atom is 2.00 e. The number of imide groups is 1. The van der Waals surface area contributed by atoms with E-state index in [0.717, 1.165) is 29.1 Å². The van der Waals surface area contributed by atoms with Crippen LogP contribution in [0, 0.1) is 6.92 Å². The molecule has 3 saturated heterocycles. The Morgan fingerprint density at radius 2 is 1.03 bits per heavy atom. The molecule has 4 unspecified atom stereocenters. The van der Waals surface area contributed by atoms with Crippen molar-refractivity contribution >= 4 is 92.8 Å². The number of likely N-dealkylation sites (tertiary alicyclic amines) is 2. The molecule has 0 saturated carbocycles. The Kier molecular flexibility index (Phi) is 41.3. The molecular weight excluding hydrogens is 1270 g/mol. The van der Waals surface area contributed by atoms with Crippen molar-refractivity contribution in [2.24, 2.45) is 0 Å². The topological polar surface area (TPSA) is 215 Å². The standard InChI is InChI=1S/C21H39NO6Si.C17H31NO6Si.C16H31NO3Si.C6H16Si.C4H7.BrH.Mg/c1-11-12-13-21(25)16(28-29(9,10)20(5,6)7)14-15(17(23)26-8)22(21)18(24)27-19(2,3)4;1-16(2,3)23-15(21)18-11(14(20)22-7)10-12(13(18)19)24-25(8,9)17(4,5)6;1-8-9-10-12-14(11-13(17-12)15(18)19-5)20-21(6,7)16(2,3)4;1-4-7(5-2)6-3;1-3-4-2;;/h11,15-16,25H,1,12-14H2,2-10H3;11-12H,10H2,1-9H3;8,12-14,17H,1,9-11H2,2-7H3;7H,4-6H2,1-3H3;3H,1-2,4H2;1H;/q;;;;-1;;+2/p-1/t15-,16?,21?;11-,12?;12-,13-,14?;;;;/m000..../s1. The van der Waals surface area contributed by atoms with Crippen LogP contribution in [0.1, 0.15) is 176 Å². The minimum absolute atomic E-state index is 0. The van der Waals surface area contributed by atoms with Gasteiger partial charge in [-0.25, -0.2) is 24.1 Å². The number of carbonyl (C=O) groups excluding carboxylic acids is 6. The van der Waals surface area contributed by atoms with Crippen LogP contribution in [0.5, 0.6) is 0 Å². The summed E-state index contributed by atoms with van der Waals surface area (Å²) in [6.45, 7) is 63.5. The predicted octanol–water partition coefficient (Wildman–Crippen LogP) is 10.8. The molecule has 2 N–H and O–H groups in total. The number of rotatable bonds is 19. The van der Waals surface area contributed by atoms with E-state index in [9.17, 15) is 33.9 Å². The second kappa shape index (κ2) is 39.5. The van der Waals surface area contributed by atoms with Crippen LogP contribution in [0.4, 0.5) is 9.59 Å². The van der Waals surface area contributed by atoms with Crippen molar-refractivity contribution in [1.82, 2.24) is 15.1 Å². The third kappa shape index (κ3) is 29.4. The second-order valence-electron chi connectivity index (χ2n) is 29.1. The quantitative estimate of drug-likeness (QED) is 0.0404. The molecule has 510 valence electrons. The summed E-state index contributed by atoms with van der Waals surface area (Å²) in [7, 11) is -2.64. The second-order valence-corrected chi connectivity index (χ2v) is 47.5. The number of nitrogens with one attached hydrogen (secondary N) is 1. The number of hydrogen-bond donors (Lipinski definition) is 2. The summed E-state index contributed by atoms with van der Waals surface area (Å²) in [4.78, 5) is 76.6. The van der Waals surface area contributed by atoms with Gasteiger partial charge in [-0.3, -0.25) is 19.8 Å². The smallest absolute Gasteiger partial charge is 1.00 e. The van der Waals surface area contributed by atoms with Crippen molar-refractivity contribution < 1.29 is 87.8 Å². The summed E-state index contributed by atoms with van der Waals surface area (Å²) in [5.74, 6) is -2.00. The number of nitrogens with zero attached hydrogens (tertiary/aromatic N) is 2. The Labute approximate surface area is 566 Å². The maximum atomic E-state index is 13.0. The Morgan fingerprint density at radius 1 is 0.636 bits per heavy atom. The van der Waals surface area contributed by atoms with Gasteiger partial charge in [-0.1, -0.05) is 113 Å². The van der Waals surface area contributed by atoms with Crippen LogP contribution in [-0.2, 0) is 56.1 Å². The molecule has 0 bridgehead atoms. The molecule has 0 aromatic rings. The van der Waals surface area contributed by atoms with Crippen LogP contribution in [-0.4, -0.2) is 188 Å². The Hall–Kier alpha value is -2.25. The Morgan fingerprint density at radius 3 is 1.40 bits per heavy atom. The zero-order chi connectivity index (χ0) is 68.0. The molecule has 3 aliphatic heterocycles. The zero-order valence-corrected chi connectivity index (χ0v) is 67.3. The van der Waals surface area contributed by atoms with Crippen molar-refractivity contribution in [1.29, 1.82) is 0 Å². The number of methoxy groups -OCH3 is 3. The van der Waals surface area contributed by atoms with E-state index in [0.29, 0.717) is 12.8 Å². The van der Waals surface area contributed by atoms with Crippen LogP contribution in [0.3, 0.4) is 0 Å². The average Bonchev–Trinajstić information content (AvgIpc) is 2.13. The first-order valence-corrected chi connectivity index (χ1v) is 42.1. The van der Waals surface area contributed by atoms with Gasteiger partial charge in [0.25, 0.3) is 5.91 Å². The Balaban J connectivity index is -0.000000551. The summed E-state index contributed by atoms with van der Waals surface area (Å²) >= 11 is 0. The number of hydrogen-bond acceptors (Lipinski definition) is 16. The third-order valence-electron chi connectivity index (χ3n) is 17.0. The van der Waals surface area contributed by atoms with Gasteiger partial charge in [0.15, 0.2) is 30.7 Å². The molecule has 3 amide bonds. The van der Waals surface area contributed by atoms with E-state index in [-0.39, 0.29) is 107 Å². The third-order valence-corrected chi connectivity index (χ3v) is 33.9. The van der Waals surface area contributed by atoms with Gasteiger partial charge in [0.05, 0.1) is 33.5 Å². The van der Waals surface area contributed by atoms with E-state index in [1.165, 1.54) is 39.5 Å². The van der Waals surface area contributed by atoms with Gasteiger partial charge in [-0.2, -0.15) is 6.42 Å². The fraction of sp³-hybridized carbons (Fsp3) is 0.797. The van der Waals surface area contributed by atoms with Crippen molar-refractivity contribution in [2.75, 3.05) is 21.3 Å². The van der Waals surface area contributed by atoms with Crippen molar-refractivity contribution in [3.8, 4) is 0 Å². The first kappa shape index (κ1) is 92.2. The fourth-order valence-corrected chi connectivity index (χ4v) is 14.3. The average molecular weight is 1390 g/mol. The summed E-state index contributed by atoms with van der Waals surface area (Å²) < 4.78 is 44.5. The number of ether oxygens (including phenoxy) is 5. The molecule has 24 heteroatoms. The van der Waals surface area contributed by atoms with Crippen LogP contribution < -0.4 is 22.3 Å². The normalized spacial score (nSPS) is 22.2. The minimum atomic E-state index is -2.30. The molecule has 0 aromatic carbocycles. The molecule has 0 radical (unpaired) electrons. The van der Waals surface area contributed by atoms with Gasteiger partial charge in [0, 0.05) is 34.1 Å². The number of amides is 3. The molecule has 3 rings (SSSR count). The van der Waals surface area contributed by atoms with E-state index in [4.69, 9.17) is 37.0 Å². The first-order valence-electron chi connectivity index (χ1n) is 30.9. The van der Waals surface area contributed by atoms with Gasteiger partial charge in [0.1, 0.15) is 35.4 Å². The summed E-state index contributed by atoms with van der Waals surface area (Å²) in [6, 6.07) is 2.41. The van der Waals surface area contributed by atoms with Crippen LogP contribution >= 0.6 is 0 Å². The summed E-state index contributed by atoms with van der Waals surface area (Å²) in [6.07, 6.45) is 6.46. The van der Waals surface area contributed by atoms with Gasteiger partial charge in [0.2, 0.25) is 0 Å². The number of carbonyl (C=O) groups is 6. The predicted molar refractivity (Wildman–Crippen MR) is 364 cm³/mol. The summed E-state index contributed by atoms with van der Waals surface area (Å²) in [5, 5.41) is 15.1. The molecule has 18 nitrogen and oxygen atoms in total. The molecule has 3 heterocycles. The molecule has 3 fully saturated rings. The van der Waals surface area contributed by atoms with Gasteiger partial charge in [-0.05, 0) is 122 Å². The number of allylic oxidation sites excluding steroid dienone is 3. The van der Waals surface area contributed by atoms with Crippen LogP contribution in [0.2, 0.25) is 72.5 Å². The number of aliphatic hydroxyl groups is 1. The molecule has 0 spiro atoms. The molecular formula is C64H124BrMgN3O15Si4. The van der Waals surface area contributed by atoms with Gasteiger partial charge < -0.3 is 66.0 Å². The maximum absolute atomic E-state index is 13.0. The molecule has 0 aromatic heterocycles. The van der Waals surface area contributed by atoms with E-state index in [2.05, 4.69) is 141 Å². The van der Waals surface area contributed by atoms with Crippen LogP contribution in [0.15, 0.2) is 38.0 Å². The van der Waals surface area contributed by atoms with E-state index < -0.39 is 96.2 Å². The monoisotopic (exact) mass is 1390 g/mol. The number of halogens is 1. The molecule has 0 aliphatic carbocycles. The molecule has 3 aliphatic rings. The van der Waals surface area contributed by atoms with Gasteiger partial charge >= 0.3 is 53.1 Å². The van der Waals surface area contributed by atoms with E-state index >= 15 is 0 Å². The first-order chi connectivity index (χ1) is 39.0. The minimum Gasteiger partial charge on any atom is -1.00 e. The molecule has 88 heavy (non-hydrogen) atoms. The Bertz CT molecular complexity index is 2170. The number of esters is 3. The SMILES string of the molecule is C=CCCC1(O)C(O[Si](C)(C)C(C)(C)C)C[C@@H](C(=O)OC)N1C(=O)OC(C)(C)C.C=CCC[C@@H]1N[C@H](C(=O)OC)CC1O[Si](C)(C)C(C)(C)C.C=CC[CH2-].CC[SiH](CC)CC.COC(=O)[C@@H]1CC(O[Si](C)(C)C(C)(C)C)C(=O)N1C(=O)OC(C)(C)C.[Br-].[Mg+2]. The summed E-state index contributed by atoms with van der Waals surface area (Å²) in [5.41, 5.74) is -3.27. The van der Waals surface area contributed by atoms with Crippen LogP contribution in [0.25, 0.3) is 0 Å². The fourth-order valence-electron chi connectivity index (χ4n) is 8.60. The zero-order valence-electron chi connectivity index (χ0n) is 60.1. The van der Waals surface area contributed by atoms with Gasteiger partial charge in [-0.15, -0.1) is 25.8 Å². The van der Waals surface area contributed by atoms with E-state index in [1.54, 1.807) is 53.7 Å². The van der Waals surface area contributed by atoms with Crippen molar-refractivity contribution in [3.63, 3.8) is 0 Å². The van der Waals surface area contributed by atoms with Crippen molar-refractivity contribution in [2.45, 2.75) is 308 Å². The molecule has 8 atom stereocenters. The largest absolute Gasteiger partial charge is 2.00 e.